The lowest BCUT2D eigenvalue weighted by atomic mass is 9.75. The lowest BCUT2D eigenvalue weighted by molar-refractivity contribution is -0.157. The number of rotatable bonds is 7. The van der Waals surface area contributed by atoms with E-state index >= 15 is 0 Å². The predicted octanol–water partition coefficient (Wildman–Crippen LogP) is 3.27. The number of methoxy groups -OCH3 is 1. The summed E-state index contributed by atoms with van der Waals surface area (Å²) in [5, 5.41) is 0. The van der Waals surface area contributed by atoms with E-state index in [1.54, 1.807) is 19.1 Å². The Kier molecular flexibility index (Phi) is 6.59. The molecule has 6 nitrogen and oxygen atoms in total. The van der Waals surface area contributed by atoms with Crippen molar-refractivity contribution in [3.05, 3.63) is 60.2 Å². The van der Waals surface area contributed by atoms with Gasteiger partial charge in [0.25, 0.3) is 0 Å². The average Bonchev–Trinajstić information content (AvgIpc) is 2.75. The number of carbonyl (C=O) groups is 1. The predicted molar refractivity (Wildman–Crippen MR) is 110 cm³/mol. The van der Waals surface area contributed by atoms with Gasteiger partial charge >= 0.3 is 5.97 Å². The third kappa shape index (κ3) is 4.62. The molecule has 1 saturated heterocycles. The number of carbonyl (C=O) groups excluding carboxylic acids is 1. The Bertz CT molecular complexity index is 927. The van der Waals surface area contributed by atoms with E-state index in [9.17, 15) is 13.2 Å². The summed E-state index contributed by atoms with van der Waals surface area (Å²) in [6.07, 6.45) is 1.64. The number of piperidine rings is 1. The number of sulfonamides is 1. The molecular weight excluding hydrogens is 390 g/mol. The van der Waals surface area contributed by atoms with Crippen molar-refractivity contribution in [3.8, 4) is 5.75 Å². The minimum atomic E-state index is -3.73. The van der Waals surface area contributed by atoms with Crippen LogP contribution < -0.4 is 4.74 Å². The molecule has 0 aromatic heterocycles. The molecule has 1 fully saturated rings. The molecular formula is C22H27NO5S. The Hall–Kier alpha value is -2.38. The monoisotopic (exact) mass is 417 g/mol. The van der Waals surface area contributed by atoms with Gasteiger partial charge < -0.3 is 9.47 Å². The van der Waals surface area contributed by atoms with Crippen LogP contribution in [0.25, 0.3) is 0 Å². The van der Waals surface area contributed by atoms with Crippen molar-refractivity contribution < 1.29 is 22.7 Å². The SMILES string of the molecule is CCOC(=O)[C@@]1(Cc2ccccc2)CCCN(S(=O)(=O)c2ccc(OC)cc2)C1. The molecule has 0 radical (unpaired) electrons. The van der Waals surface area contributed by atoms with Crippen LogP contribution >= 0.6 is 0 Å². The number of hydrogen-bond donors (Lipinski definition) is 0. The third-order valence-electron chi connectivity index (χ3n) is 5.33. The summed E-state index contributed by atoms with van der Waals surface area (Å²) >= 11 is 0. The van der Waals surface area contributed by atoms with Crippen LogP contribution in [0.5, 0.6) is 5.75 Å². The van der Waals surface area contributed by atoms with Gasteiger partial charge in [-0.15, -0.1) is 0 Å². The maximum Gasteiger partial charge on any atom is 0.313 e. The fourth-order valence-corrected chi connectivity index (χ4v) is 5.41. The summed E-state index contributed by atoms with van der Waals surface area (Å²) in [5.41, 5.74) is 0.0963. The smallest absolute Gasteiger partial charge is 0.313 e. The van der Waals surface area contributed by atoms with Crippen LogP contribution in [0.2, 0.25) is 0 Å². The van der Waals surface area contributed by atoms with Crippen molar-refractivity contribution in [2.45, 2.75) is 31.1 Å². The Labute approximate surface area is 172 Å². The van der Waals surface area contributed by atoms with Gasteiger partial charge in [0.15, 0.2) is 0 Å². The zero-order valence-electron chi connectivity index (χ0n) is 16.8. The van der Waals surface area contributed by atoms with Crippen molar-refractivity contribution in [2.75, 3.05) is 26.8 Å². The van der Waals surface area contributed by atoms with Crippen molar-refractivity contribution in [1.82, 2.24) is 4.31 Å². The molecule has 0 unspecified atom stereocenters. The van der Waals surface area contributed by atoms with Crippen molar-refractivity contribution >= 4 is 16.0 Å². The first kappa shape index (κ1) is 21.3. The molecule has 0 N–H and O–H groups in total. The molecule has 0 spiro atoms. The number of esters is 1. The number of nitrogens with zero attached hydrogens (tertiary/aromatic N) is 1. The van der Waals surface area contributed by atoms with E-state index in [2.05, 4.69) is 0 Å². The van der Waals surface area contributed by atoms with Crippen LogP contribution in [-0.4, -0.2) is 45.5 Å². The quantitative estimate of drug-likeness (QED) is 0.647. The molecule has 2 aromatic carbocycles. The van der Waals surface area contributed by atoms with Crippen molar-refractivity contribution in [3.63, 3.8) is 0 Å². The van der Waals surface area contributed by atoms with Crippen LogP contribution in [0.3, 0.4) is 0 Å². The molecule has 1 atom stereocenters. The Morgan fingerprint density at radius 1 is 1.10 bits per heavy atom. The summed E-state index contributed by atoms with van der Waals surface area (Å²) in [4.78, 5) is 13.1. The number of benzene rings is 2. The van der Waals surface area contributed by atoms with E-state index in [0.29, 0.717) is 31.6 Å². The number of hydrogen-bond acceptors (Lipinski definition) is 5. The molecule has 0 aliphatic carbocycles. The van der Waals surface area contributed by atoms with Gasteiger partial charge in [-0.3, -0.25) is 4.79 Å². The fraction of sp³-hybridized carbons (Fsp3) is 0.409. The van der Waals surface area contributed by atoms with Gasteiger partial charge in [-0.25, -0.2) is 8.42 Å². The minimum absolute atomic E-state index is 0.106. The van der Waals surface area contributed by atoms with Crippen molar-refractivity contribution in [2.24, 2.45) is 5.41 Å². The molecule has 3 rings (SSSR count). The molecule has 0 saturated carbocycles. The average molecular weight is 418 g/mol. The van der Waals surface area contributed by atoms with E-state index in [0.717, 1.165) is 5.56 Å². The van der Waals surface area contributed by atoms with E-state index in [1.807, 2.05) is 30.3 Å². The molecule has 29 heavy (non-hydrogen) atoms. The van der Waals surface area contributed by atoms with E-state index in [1.165, 1.54) is 23.5 Å². The lowest BCUT2D eigenvalue weighted by Gasteiger charge is -2.40. The largest absolute Gasteiger partial charge is 0.497 e. The van der Waals surface area contributed by atoms with Gasteiger partial charge in [0, 0.05) is 13.1 Å². The van der Waals surface area contributed by atoms with E-state index in [4.69, 9.17) is 9.47 Å². The topological polar surface area (TPSA) is 72.9 Å². The molecule has 0 bridgehead atoms. The summed E-state index contributed by atoms with van der Waals surface area (Å²) in [5.74, 6) is 0.256. The highest BCUT2D eigenvalue weighted by molar-refractivity contribution is 7.89. The zero-order valence-corrected chi connectivity index (χ0v) is 17.7. The molecule has 7 heteroatoms. The molecule has 1 heterocycles. The Morgan fingerprint density at radius 2 is 1.79 bits per heavy atom. The van der Waals surface area contributed by atoms with Crippen LogP contribution in [-0.2, 0) is 26.0 Å². The maximum atomic E-state index is 13.2. The van der Waals surface area contributed by atoms with Crippen molar-refractivity contribution in [1.29, 1.82) is 0 Å². The van der Waals surface area contributed by atoms with Crippen LogP contribution in [0.1, 0.15) is 25.3 Å². The fourth-order valence-electron chi connectivity index (χ4n) is 3.85. The second-order valence-electron chi connectivity index (χ2n) is 7.28. The van der Waals surface area contributed by atoms with Crippen LogP contribution in [0.15, 0.2) is 59.5 Å². The van der Waals surface area contributed by atoms with Crippen LogP contribution in [0, 0.1) is 5.41 Å². The first-order valence-corrected chi connectivity index (χ1v) is 11.2. The van der Waals surface area contributed by atoms with Gasteiger partial charge in [-0.05, 0) is 56.0 Å². The zero-order chi connectivity index (χ0) is 20.9. The lowest BCUT2D eigenvalue weighted by Crippen LogP contribution is -2.51. The molecule has 2 aromatic rings. The van der Waals surface area contributed by atoms with Crippen LogP contribution in [0.4, 0.5) is 0 Å². The second-order valence-corrected chi connectivity index (χ2v) is 9.22. The van der Waals surface area contributed by atoms with E-state index in [-0.39, 0.29) is 24.0 Å². The standard InChI is InChI=1S/C22H27NO5S/c1-3-28-21(24)22(16-18-8-5-4-6-9-18)14-7-15-23(17-22)29(25,26)20-12-10-19(27-2)11-13-20/h4-6,8-13H,3,7,14-17H2,1-2H3/t22-/m1/s1. The molecule has 0 amide bonds. The third-order valence-corrected chi connectivity index (χ3v) is 7.19. The number of ether oxygens (including phenoxy) is 2. The summed E-state index contributed by atoms with van der Waals surface area (Å²) in [7, 11) is -2.20. The van der Waals surface area contributed by atoms with Gasteiger partial charge in [-0.1, -0.05) is 30.3 Å². The highest BCUT2D eigenvalue weighted by Crippen LogP contribution is 2.37. The second kappa shape index (κ2) is 8.97. The maximum absolute atomic E-state index is 13.2. The van der Waals surface area contributed by atoms with E-state index < -0.39 is 15.4 Å². The van der Waals surface area contributed by atoms with Gasteiger partial charge in [0.2, 0.25) is 10.0 Å². The highest BCUT2D eigenvalue weighted by Gasteiger charge is 2.46. The molecule has 1 aliphatic rings. The summed E-state index contributed by atoms with van der Waals surface area (Å²) in [6, 6.07) is 16.0. The van der Waals surface area contributed by atoms with Gasteiger partial charge in [0.05, 0.1) is 24.0 Å². The highest BCUT2D eigenvalue weighted by atomic mass is 32.2. The molecule has 156 valence electrons. The minimum Gasteiger partial charge on any atom is -0.497 e. The van der Waals surface area contributed by atoms with Gasteiger partial charge in [-0.2, -0.15) is 4.31 Å². The normalized spacial score (nSPS) is 20.2. The Morgan fingerprint density at radius 3 is 2.41 bits per heavy atom. The molecule has 1 aliphatic heterocycles. The Balaban J connectivity index is 1.91. The van der Waals surface area contributed by atoms with Gasteiger partial charge in [0.1, 0.15) is 5.75 Å². The summed E-state index contributed by atoms with van der Waals surface area (Å²) in [6.45, 7) is 2.52. The summed E-state index contributed by atoms with van der Waals surface area (Å²) < 4.78 is 38.4. The first-order chi connectivity index (χ1) is 13.9. The first-order valence-electron chi connectivity index (χ1n) is 9.77.